The van der Waals surface area contributed by atoms with Crippen LogP contribution >= 0.6 is 0 Å². The highest BCUT2D eigenvalue weighted by Crippen LogP contribution is 2.15. The standard InChI is InChI=1S/C16H24N2O3/c1-5-6-15(19)18(12(2)16(20)17-3)11-13-7-9-14(21-4)10-8-13/h7-10,12H,5-6,11H2,1-4H3,(H,17,20). The summed E-state index contributed by atoms with van der Waals surface area (Å²) in [5.41, 5.74) is 0.969. The van der Waals surface area contributed by atoms with Crippen molar-refractivity contribution in [3.63, 3.8) is 0 Å². The van der Waals surface area contributed by atoms with Crippen LogP contribution in [0.4, 0.5) is 0 Å². The van der Waals surface area contributed by atoms with E-state index in [-0.39, 0.29) is 11.8 Å². The molecule has 0 aromatic heterocycles. The molecule has 0 aliphatic rings. The Hall–Kier alpha value is -2.04. The van der Waals surface area contributed by atoms with Crippen LogP contribution in [0.1, 0.15) is 32.3 Å². The van der Waals surface area contributed by atoms with E-state index in [0.29, 0.717) is 13.0 Å². The van der Waals surface area contributed by atoms with Gasteiger partial charge < -0.3 is 15.0 Å². The van der Waals surface area contributed by atoms with Crippen molar-refractivity contribution in [2.45, 2.75) is 39.3 Å². The van der Waals surface area contributed by atoms with E-state index in [0.717, 1.165) is 17.7 Å². The molecule has 0 bridgehead atoms. The number of carbonyl (C=O) groups excluding carboxylic acids is 2. The fourth-order valence-electron chi connectivity index (χ4n) is 2.08. The van der Waals surface area contributed by atoms with Gasteiger partial charge in [-0.25, -0.2) is 0 Å². The first-order valence-electron chi connectivity index (χ1n) is 7.17. The van der Waals surface area contributed by atoms with Gasteiger partial charge in [0.05, 0.1) is 7.11 Å². The van der Waals surface area contributed by atoms with E-state index in [2.05, 4.69) is 5.32 Å². The molecule has 0 saturated carbocycles. The summed E-state index contributed by atoms with van der Waals surface area (Å²) in [4.78, 5) is 25.7. The molecule has 0 aliphatic carbocycles. The largest absolute Gasteiger partial charge is 0.497 e. The maximum absolute atomic E-state index is 12.3. The second-order valence-corrected chi connectivity index (χ2v) is 4.91. The maximum atomic E-state index is 12.3. The summed E-state index contributed by atoms with van der Waals surface area (Å²) in [6, 6.07) is 7.02. The van der Waals surface area contributed by atoms with E-state index in [4.69, 9.17) is 4.74 Å². The van der Waals surface area contributed by atoms with Gasteiger partial charge in [0.1, 0.15) is 11.8 Å². The van der Waals surface area contributed by atoms with Crippen LogP contribution < -0.4 is 10.1 Å². The van der Waals surface area contributed by atoms with Crippen molar-refractivity contribution in [1.82, 2.24) is 10.2 Å². The minimum Gasteiger partial charge on any atom is -0.497 e. The smallest absolute Gasteiger partial charge is 0.242 e. The Morgan fingerprint density at radius 2 is 1.90 bits per heavy atom. The molecule has 1 atom stereocenters. The van der Waals surface area contributed by atoms with Crippen LogP contribution in [0.5, 0.6) is 5.75 Å². The van der Waals surface area contributed by atoms with Gasteiger partial charge in [-0.2, -0.15) is 0 Å². The van der Waals surface area contributed by atoms with Crippen LogP contribution in [0.3, 0.4) is 0 Å². The van der Waals surface area contributed by atoms with Gasteiger partial charge in [0, 0.05) is 20.0 Å². The Bertz CT molecular complexity index is 471. The maximum Gasteiger partial charge on any atom is 0.242 e. The Morgan fingerprint density at radius 3 is 2.38 bits per heavy atom. The lowest BCUT2D eigenvalue weighted by Gasteiger charge is -2.28. The van der Waals surface area contributed by atoms with Crippen LogP contribution in [0.2, 0.25) is 0 Å². The summed E-state index contributed by atoms with van der Waals surface area (Å²) in [6.07, 6.45) is 1.20. The molecule has 1 rings (SSSR count). The molecule has 0 fully saturated rings. The molecule has 0 spiro atoms. The van der Waals surface area contributed by atoms with E-state index in [9.17, 15) is 9.59 Å². The van der Waals surface area contributed by atoms with Crippen LogP contribution in [0, 0.1) is 0 Å². The molecule has 1 unspecified atom stereocenters. The molecule has 1 aromatic rings. The van der Waals surface area contributed by atoms with Crippen molar-refractivity contribution in [2.75, 3.05) is 14.2 Å². The van der Waals surface area contributed by atoms with E-state index >= 15 is 0 Å². The first-order chi connectivity index (χ1) is 10.0. The fourth-order valence-corrected chi connectivity index (χ4v) is 2.08. The Balaban J connectivity index is 2.89. The summed E-state index contributed by atoms with van der Waals surface area (Å²) in [5, 5.41) is 2.59. The summed E-state index contributed by atoms with van der Waals surface area (Å²) in [6.45, 7) is 4.11. The number of likely N-dealkylation sites (N-methyl/N-ethyl adjacent to an activating group) is 1. The Morgan fingerprint density at radius 1 is 1.29 bits per heavy atom. The number of amides is 2. The third-order valence-electron chi connectivity index (χ3n) is 3.39. The number of nitrogens with zero attached hydrogens (tertiary/aromatic N) is 1. The van der Waals surface area contributed by atoms with Gasteiger partial charge in [0.25, 0.3) is 0 Å². The highest BCUT2D eigenvalue weighted by atomic mass is 16.5. The number of nitrogens with one attached hydrogen (secondary N) is 1. The SMILES string of the molecule is CCCC(=O)N(Cc1ccc(OC)cc1)C(C)C(=O)NC. The second-order valence-electron chi connectivity index (χ2n) is 4.91. The second kappa shape index (κ2) is 8.29. The Kier molecular flexibility index (Phi) is 6.72. The van der Waals surface area contributed by atoms with Crippen molar-refractivity contribution in [1.29, 1.82) is 0 Å². The normalized spacial score (nSPS) is 11.6. The zero-order valence-corrected chi connectivity index (χ0v) is 13.2. The number of hydrogen-bond donors (Lipinski definition) is 1. The fraction of sp³-hybridized carbons (Fsp3) is 0.500. The third-order valence-corrected chi connectivity index (χ3v) is 3.39. The summed E-state index contributed by atoms with van der Waals surface area (Å²) < 4.78 is 5.12. The zero-order valence-electron chi connectivity index (χ0n) is 13.2. The number of benzene rings is 1. The predicted octanol–water partition coefficient (Wildman–Crippen LogP) is 1.96. The lowest BCUT2D eigenvalue weighted by molar-refractivity contribution is -0.140. The summed E-state index contributed by atoms with van der Waals surface area (Å²) >= 11 is 0. The van der Waals surface area contributed by atoms with Crippen molar-refractivity contribution >= 4 is 11.8 Å². The van der Waals surface area contributed by atoms with Crippen molar-refractivity contribution < 1.29 is 14.3 Å². The predicted molar refractivity (Wildman–Crippen MR) is 82.0 cm³/mol. The number of hydrogen-bond acceptors (Lipinski definition) is 3. The molecule has 1 N–H and O–H groups in total. The third kappa shape index (κ3) is 4.77. The number of carbonyl (C=O) groups is 2. The number of methoxy groups -OCH3 is 1. The minimum absolute atomic E-state index is 0.00980. The Labute approximate surface area is 126 Å². The average molecular weight is 292 g/mol. The minimum atomic E-state index is -0.490. The van der Waals surface area contributed by atoms with Gasteiger partial charge >= 0.3 is 0 Å². The van der Waals surface area contributed by atoms with Gasteiger partial charge in [-0.3, -0.25) is 9.59 Å². The van der Waals surface area contributed by atoms with Crippen molar-refractivity contribution in [2.24, 2.45) is 0 Å². The highest BCUT2D eigenvalue weighted by Gasteiger charge is 2.24. The lowest BCUT2D eigenvalue weighted by Crippen LogP contribution is -2.46. The topological polar surface area (TPSA) is 58.6 Å². The van der Waals surface area contributed by atoms with Gasteiger partial charge in [-0.15, -0.1) is 0 Å². The van der Waals surface area contributed by atoms with Crippen molar-refractivity contribution in [3.8, 4) is 5.75 Å². The van der Waals surface area contributed by atoms with Crippen LogP contribution in [-0.2, 0) is 16.1 Å². The average Bonchev–Trinajstić information content (AvgIpc) is 2.51. The van der Waals surface area contributed by atoms with Crippen LogP contribution in [-0.4, -0.2) is 36.9 Å². The lowest BCUT2D eigenvalue weighted by atomic mass is 10.1. The van der Waals surface area contributed by atoms with Gasteiger partial charge in [-0.1, -0.05) is 19.1 Å². The molecule has 0 radical (unpaired) electrons. The van der Waals surface area contributed by atoms with Gasteiger partial charge in [0.15, 0.2) is 0 Å². The molecule has 21 heavy (non-hydrogen) atoms. The number of rotatable bonds is 7. The highest BCUT2D eigenvalue weighted by molar-refractivity contribution is 5.87. The molecule has 0 saturated heterocycles. The molecular formula is C16H24N2O3. The first-order valence-corrected chi connectivity index (χ1v) is 7.17. The van der Waals surface area contributed by atoms with E-state index in [1.54, 1.807) is 26.0 Å². The van der Waals surface area contributed by atoms with Crippen LogP contribution in [0.25, 0.3) is 0 Å². The molecule has 0 heterocycles. The van der Waals surface area contributed by atoms with E-state index < -0.39 is 6.04 Å². The van der Waals surface area contributed by atoms with E-state index in [1.165, 1.54) is 0 Å². The molecule has 2 amide bonds. The molecular weight excluding hydrogens is 268 g/mol. The number of ether oxygens (including phenoxy) is 1. The monoisotopic (exact) mass is 292 g/mol. The first kappa shape index (κ1) is 17.0. The van der Waals surface area contributed by atoms with Gasteiger partial charge in [0.2, 0.25) is 11.8 Å². The molecule has 116 valence electrons. The molecule has 5 heteroatoms. The molecule has 0 aliphatic heterocycles. The van der Waals surface area contributed by atoms with Gasteiger partial charge in [-0.05, 0) is 31.0 Å². The van der Waals surface area contributed by atoms with Crippen molar-refractivity contribution in [3.05, 3.63) is 29.8 Å². The zero-order chi connectivity index (χ0) is 15.8. The van der Waals surface area contributed by atoms with Crippen LogP contribution in [0.15, 0.2) is 24.3 Å². The summed E-state index contributed by atoms with van der Waals surface area (Å²) in [7, 11) is 3.19. The molecule has 5 nitrogen and oxygen atoms in total. The molecule has 1 aromatic carbocycles. The van der Waals surface area contributed by atoms with E-state index in [1.807, 2.05) is 31.2 Å². The summed E-state index contributed by atoms with van der Waals surface area (Å²) in [5.74, 6) is 0.599. The quantitative estimate of drug-likeness (QED) is 0.835.